The maximum atomic E-state index is 3.68. The molecule has 0 aliphatic carbocycles. The third kappa shape index (κ3) is 3.71. The lowest BCUT2D eigenvalue weighted by atomic mass is 9.99. The van der Waals surface area contributed by atoms with Crippen molar-refractivity contribution in [3.63, 3.8) is 0 Å². The molecule has 2 aromatic rings. The molecular weight excluding hydrogens is 310 g/mol. The predicted octanol–water partition coefficient (Wildman–Crippen LogP) is 5.48. The summed E-state index contributed by atoms with van der Waals surface area (Å²) in [5, 5.41) is 3.68. The first-order valence-electron chi connectivity index (χ1n) is 7.06. The smallest absolute Gasteiger partial charge is 0.0300 e. The predicted molar refractivity (Wildman–Crippen MR) is 90.0 cm³/mol. The van der Waals surface area contributed by atoms with Gasteiger partial charge in [0.05, 0.1) is 0 Å². The highest BCUT2D eigenvalue weighted by atomic mass is 79.9. The van der Waals surface area contributed by atoms with Gasteiger partial charge in [0.15, 0.2) is 0 Å². The van der Waals surface area contributed by atoms with E-state index in [9.17, 15) is 0 Å². The molecule has 0 heterocycles. The summed E-state index contributed by atoms with van der Waals surface area (Å²) in [5.41, 5.74) is 5.35. The summed E-state index contributed by atoms with van der Waals surface area (Å²) in [6, 6.07) is 15.8. The highest BCUT2D eigenvalue weighted by Crippen LogP contribution is 2.24. The van der Waals surface area contributed by atoms with Gasteiger partial charge in [0, 0.05) is 16.6 Å². The normalized spacial score (nSPS) is 14.1. The number of nitrogens with one attached hydrogen (secondary N) is 1. The van der Waals surface area contributed by atoms with Crippen molar-refractivity contribution >= 4 is 15.9 Å². The van der Waals surface area contributed by atoms with Gasteiger partial charge in [0.2, 0.25) is 0 Å². The summed E-state index contributed by atoms with van der Waals surface area (Å²) in [6.45, 7) is 8.76. The molecule has 2 rings (SSSR count). The molecule has 1 nitrogen and oxygen atoms in total. The quantitative estimate of drug-likeness (QED) is 0.782. The third-order valence-electron chi connectivity index (χ3n) is 3.74. The fourth-order valence-electron chi connectivity index (χ4n) is 2.65. The molecule has 0 aliphatic rings. The van der Waals surface area contributed by atoms with E-state index in [4.69, 9.17) is 0 Å². The van der Waals surface area contributed by atoms with Crippen molar-refractivity contribution < 1.29 is 0 Å². The van der Waals surface area contributed by atoms with Crippen LogP contribution in [-0.2, 0) is 0 Å². The number of halogens is 1. The van der Waals surface area contributed by atoms with Crippen LogP contribution in [0, 0.1) is 13.8 Å². The van der Waals surface area contributed by atoms with Gasteiger partial charge in [-0.1, -0.05) is 51.8 Å². The van der Waals surface area contributed by atoms with Crippen molar-refractivity contribution in [1.29, 1.82) is 0 Å². The summed E-state index contributed by atoms with van der Waals surface area (Å²) < 4.78 is 1.13. The first kappa shape index (κ1) is 15.3. The lowest BCUT2D eigenvalue weighted by Gasteiger charge is -2.22. The molecule has 1 N–H and O–H groups in total. The average Bonchev–Trinajstić information content (AvgIpc) is 2.38. The van der Waals surface area contributed by atoms with Crippen molar-refractivity contribution in [2.45, 2.75) is 39.8 Å². The van der Waals surface area contributed by atoms with Gasteiger partial charge in [-0.05, 0) is 56.5 Å². The number of benzene rings is 2. The number of rotatable bonds is 4. The molecule has 2 unspecified atom stereocenters. The highest BCUT2D eigenvalue weighted by molar-refractivity contribution is 9.10. The third-order valence-corrected chi connectivity index (χ3v) is 4.23. The maximum Gasteiger partial charge on any atom is 0.0300 e. The molecule has 2 heteroatoms. The van der Waals surface area contributed by atoms with E-state index in [1.54, 1.807) is 0 Å². The Morgan fingerprint density at radius 3 is 2.35 bits per heavy atom. The fourth-order valence-corrected chi connectivity index (χ4v) is 3.07. The molecule has 2 atom stereocenters. The summed E-state index contributed by atoms with van der Waals surface area (Å²) in [4.78, 5) is 0. The zero-order valence-corrected chi connectivity index (χ0v) is 14.2. The molecule has 0 saturated carbocycles. The van der Waals surface area contributed by atoms with E-state index in [0.29, 0.717) is 12.1 Å². The number of hydrogen-bond donors (Lipinski definition) is 1. The van der Waals surface area contributed by atoms with Gasteiger partial charge in [-0.2, -0.15) is 0 Å². The van der Waals surface area contributed by atoms with Crippen LogP contribution in [0.1, 0.15) is 48.2 Å². The van der Waals surface area contributed by atoms with Crippen LogP contribution in [0.5, 0.6) is 0 Å². The minimum absolute atomic E-state index is 0.322. The number of aryl methyl sites for hydroxylation is 2. The number of hydrogen-bond acceptors (Lipinski definition) is 1. The Labute approximate surface area is 130 Å². The Bertz CT molecular complexity index is 592. The van der Waals surface area contributed by atoms with Crippen molar-refractivity contribution in [2.75, 3.05) is 0 Å². The minimum atomic E-state index is 0.322. The molecule has 20 heavy (non-hydrogen) atoms. The summed E-state index contributed by atoms with van der Waals surface area (Å²) in [7, 11) is 0. The van der Waals surface area contributed by atoms with Crippen LogP contribution in [0.4, 0.5) is 0 Å². The molecule has 0 fully saturated rings. The van der Waals surface area contributed by atoms with E-state index in [-0.39, 0.29) is 0 Å². The van der Waals surface area contributed by atoms with Crippen LogP contribution < -0.4 is 5.32 Å². The van der Waals surface area contributed by atoms with Crippen molar-refractivity contribution in [1.82, 2.24) is 5.32 Å². The van der Waals surface area contributed by atoms with Gasteiger partial charge in [-0.3, -0.25) is 0 Å². The largest absolute Gasteiger partial charge is 0.304 e. The van der Waals surface area contributed by atoms with Crippen molar-refractivity contribution in [3.05, 3.63) is 69.2 Å². The first-order valence-corrected chi connectivity index (χ1v) is 7.85. The Balaban J connectivity index is 2.12. The molecule has 2 aromatic carbocycles. The van der Waals surface area contributed by atoms with Gasteiger partial charge >= 0.3 is 0 Å². The van der Waals surface area contributed by atoms with Crippen LogP contribution >= 0.6 is 15.9 Å². The second-order valence-electron chi connectivity index (χ2n) is 5.53. The Kier molecular flexibility index (Phi) is 5.00. The van der Waals surface area contributed by atoms with Gasteiger partial charge in [0.25, 0.3) is 0 Å². The summed E-state index contributed by atoms with van der Waals surface area (Å²) in [5.74, 6) is 0. The lowest BCUT2D eigenvalue weighted by Crippen LogP contribution is -2.23. The zero-order chi connectivity index (χ0) is 14.7. The summed E-state index contributed by atoms with van der Waals surface area (Å²) in [6.07, 6.45) is 0. The van der Waals surface area contributed by atoms with Crippen LogP contribution in [0.3, 0.4) is 0 Å². The molecule has 0 radical (unpaired) electrons. The van der Waals surface area contributed by atoms with Gasteiger partial charge < -0.3 is 5.32 Å². The lowest BCUT2D eigenvalue weighted by molar-refractivity contribution is 0.493. The summed E-state index contributed by atoms with van der Waals surface area (Å²) >= 11 is 3.53. The van der Waals surface area contributed by atoms with E-state index >= 15 is 0 Å². The Morgan fingerprint density at radius 1 is 0.950 bits per heavy atom. The van der Waals surface area contributed by atoms with Gasteiger partial charge in [0.1, 0.15) is 0 Å². The Hall–Kier alpha value is -1.12. The fraction of sp³-hybridized carbons (Fsp3) is 0.333. The Morgan fingerprint density at radius 2 is 1.70 bits per heavy atom. The topological polar surface area (TPSA) is 12.0 Å². The van der Waals surface area contributed by atoms with E-state index in [0.717, 1.165) is 4.47 Å². The second-order valence-corrected chi connectivity index (χ2v) is 6.44. The van der Waals surface area contributed by atoms with E-state index in [2.05, 4.69) is 91.4 Å². The molecule has 0 amide bonds. The van der Waals surface area contributed by atoms with E-state index < -0.39 is 0 Å². The molecule has 0 spiro atoms. The van der Waals surface area contributed by atoms with Crippen molar-refractivity contribution in [2.24, 2.45) is 0 Å². The molecular formula is C18H22BrN. The van der Waals surface area contributed by atoms with Gasteiger partial charge in [-0.25, -0.2) is 0 Å². The van der Waals surface area contributed by atoms with Crippen molar-refractivity contribution in [3.8, 4) is 0 Å². The average molecular weight is 332 g/mol. The standard InChI is InChI=1S/C18H22BrN/c1-12-8-9-18(13(2)10-12)15(4)20-14(3)16-6-5-7-17(19)11-16/h5-11,14-15,20H,1-4H3. The molecule has 0 aliphatic heterocycles. The zero-order valence-electron chi connectivity index (χ0n) is 12.6. The monoisotopic (exact) mass is 331 g/mol. The molecule has 0 aromatic heterocycles. The van der Waals surface area contributed by atoms with Crippen LogP contribution in [0.2, 0.25) is 0 Å². The van der Waals surface area contributed by atoms with Crippen LogP contribution in [0.25, 0.3) is 0 Å². The maximum absolute atomic E-state index is 3.68. The highest BCUT2D eigenvalue weighted by Gasteiger charge is 2.13. The SMILES string of the molecule is Cc1ccc(C(C)NC(C)c2cccc(Br)c2)c(C)c1. The van der Waals surface area contributed by atoms with E-state index in [1.165, 1.54) is 22.3 Å². The van der Waals surface area contributed by atoms with Crippen LogP contribution in [-0.4, -0.2) is 0 Å². The second kappa shape index (κ2) is 6.55. The molecule has 0 bridgehead atoms. The van der Waals surface area contributed by atoms with E-state index in [1.807, 2.05) is 0 Å². The molecule has 0 saturated heterocycles. The van der Waals surface area contributed by atoms with Crippen LogP contribution in [0.15, 0.2) is 46.9 Å². The molecule has 106 valence electrons. The first-order chi connectivity index (χ1) is 9.47. The minimum Gasteiger partial charge on any atom is -0.304 e. The van der Waals surface area contributed by atoms with Gasteiger partial charge in [-0.15, -0.1) is 0 Å².